The fraction of sp³-hybridized carbons (Fsp3) is 0.522. The summed E-state index contributed by atoms with van der Waals surface area (Å²) in [6.45, 7) is 1.82. The molecule has 1 saturated heterocycles. The summed E-state index contributed by atoms with van der Waals surface area (Å²) in [7, 11) is 0. The van der Waals surface area contributed by atoms with Crippen LogP contribution in [0.5, 0.6) is 0 Å². The number of alkyl halides is 3. The highest BCUT2D eigenvalue weighted by Crippen LogP contribution is 2.31. The molecule has 36 heavy (non-hydrogen) atoms. The molecule has 2 aliphatic heterocycles. The Kier molecular flexibility index (Phi) is 6.70. The first-order valence-electron chi connectivity index (χ1n) is 11.8. The summed E-state index contributed by atoms with van der Waals surface area (Å²) < 4.78 is 60.5. The highest BCUT2D eigenvalue weighted by Gasteiger charge is 2.36. The number of nitrogens with zero attached hydrogens (tertiary/aromatic N) is 4. The maximum atomic E-state index is 13.6. The normalized spacial score (nSPS) is 19.9. The van der Waals surface area contributed by atoms with Gasteiger partial charge in [-0.2, -0.15) is 13.2 Å². The van der Waals surface area contributed by atoms with Crippen LogP contribution in [-0.2, 0) is 23.9 Å². The van der Waals surface area contributed by atoms with E-state index < -0.39 is 29.9 Å². The molecule has 0 saturated carbocycles. The van der Waals surface area contributed by atoms with E-state index in [0.717, 1.165) is 30.4 Å². The van der Waals surface area contributed by atoms with Gasteiger partial charge in [0, 0.05) is 32.8 Å². The number of aliphatic hydroxyl groups excluding tert-OH is 1. The van der Waals surface area contributed by atoms with Gasteiger partial charge < -0.3 is 20.1 Å². The summed E-state index contributed by atoms with van der Waals surface area (Å²) in [4.78, 5) is 20.0. The number of hydrogen-bond acceptors (Lipinski definition) is 7. The fourth-order valence-corrected chi connectivity index (χ4v) is 4.75. The van der Waals surface area contributed by atoms with Crippen molar-refractivity contribution in [3.63, 3.8) is 0 Å². The highest BCUT2D eigenvalue weighted by atomic mass is 19.4. The van der Waals surface area contributed by atoms with Gasteiger partial charge in [-0.05, 0) is 48.9 Å². The molecule has 2 unspecified atom stereocenters. The Bertz CT molecular complexity index is 1300. The lowest BCUT2D eigenvalue weighted by atomic mass is 9.99. The van der Waals surface area contributed by atoms with Gasteiger partial charge >= 0.3 is 6.18 Å². The minimum Gasteiger partial charge on any atom is -0.390 e. The number of benzene rings is 1. The number of hydrogen-bond donors (Lipinski definition) is 3. The van der Waals surface area contributed by atoms with Crippen LogP contribution in [0.4, 0.5) is 23.4 Å². The van der Waals surface area contributed by atoms with Crippen molar-refractivity contribution in [2.75, 3.05) is 31.6 Å². The molecule has 13 heteroatoms. The standard InChI is InChI=1S/C23H26F4N6O3/c24-15-5-4-13-6-7-32(11-14(13)9-15)12-16(34)10-28-20-18-19(21(35)30-22(29-18)23(25,26)27)33(31-20)17-3-1-2-8-36-17/h4-5,9,16-17,34H,1-3,6-8,10-12H2,(H,28,31)(H,29,30,35). The van der Waals surface area contributed by atoms with Crippen molar-refractivity contribution >= 4 is 16.9 Å². The van der Waals surface area contributed by atoms with Crippen LogP contribution >= 0.6 is 0 Å². The summed E-state index contributed by atoms with van der Waals surface area (Å²) >= 11 is 0. The minimum absolute atomic E-state index is 0.0408. The third kappa shape index (κ3) is 5.08. The number of aromatic nitrogens is 4. The number of rotatable bonds is 6. The number of aliphatic hydroxyl groups is 1. The van der Waals surface area contributed by atoms with Gasteiger partial charge in [-0.1, -0.05) is 6.07 Å². The maximum Gasteiger partial charge on any atom is 0.449 e. The molecule has 9 nitrogen and oxygen atoms in total. The van der Waals surface area contributed by atoms with E-state index in [1.165, 1.54) is 16.8 Å². The summed E-state index contributed by atoms with van der Waals surface area (Å²) in [5.41, 5.74) is 0.596. The monoisotopic (exact) mass is 510 g/mol. The minimum atomic E-state index is -4.85. The second-order valence-corrected chi connectivity index (χ2v) is 9.16. The van der Waals surface area contributed by atoms with Gasteiger partial charge in [0.25, 0.3) is 5.56 Å². The van der Waals surface area contributed by atoms with Crippen molar-refractivity contribution in [2.24, 2.45) is 0 Å². The third-order valence-electron chi connectivity index (χ3n) is 6.49. The molecule has 2 aliphatic rings. The number of nitrogens with one attached hydrogen (secondary N) is 2. The van der Waals surface area contributed by atoms with Crippen LogP contribution in [-0.4, -0.2) is 62.1 Å². The van der Waals surface area contributed by atoms with E-state index in [1.54, 1.807) is 11.1 Å². The summed E-state index contributed by atoms with van der Waals surface area (Å²) in [5.74, 6) is -1.78. The van der Waals surface area contributed by atoms with Crippen LogP contribution in [0.3, 0.4) is 0 Å². The van der Waals surface area contributed by atoms with Crippen molar-refractivity contribution in [3.05, 3.63) is 51.3 Å². The molecule has 1 fully saturated rings. The molecular formula is C23H26F4N6O3. The van der Waals surface area contributed by atoms with Crippen molar-refractivity contribution in [3.8, 4) is 0 Å². The number of H-pyrrole nitrogens is 1. The van der Waals surface area contributed by atoms with Crippen molar-refractivity contribution < 1.29 is 27.4 Å². The molecule has 5 rings (SSSR count). The molecule has 0 bridgehead atoms. The van der Waals surface area contributed by atoms with Gasteiger partial charge in [-0.15, -0.1) is 5.10 Å². The van der Waals surface area contributed by atoms with Crippen molar-refractivity contribution in [1.29, 1.82) is 0 Å². The Morgan fingerprint density at radius 1 is 1.28 bits per heavy atom. The number of aromatic amines is 1. The molecular weight excluding hydrogens is 484 g/mol. The summed E-state index contributed by atoms with van der Waals surface area (Å²) in [6.07, 6.45) is -3.42. The molecule has 0 spiro atoms. The van der Waals surface area contributed by atoms with Crippen LogP contribution in [0.15, 0.2) is 23.0 Å². The molecule has 194 valence electrons. The number of β-amino-alcohol motifs (C(OH)–C–C–N with tert-alkyl or cyclic N) is 1. The zero-order valence-electron chi connectivity index (χ0n) is 19.3. The van der Waals surface area contributed by atoms with E-state index in [4.69, 9.17) is 4.74 Å². The van der Waals surface area contributed by atoms with Crippen LogP contribution in [0.1, 0.15) is 42.4 Å². The van der Waals surface area contributed by atoms with Gasteiger partial charge in [-0.25, -0.2) is 14.1 Å². The first-order valence-corrected chi connectivity index (χ1v) is 11.8. The van der Waals surface area contributed by atoms with Gasteiger partial charge in [0.05, 0.1) is 6.10 Å². The lowest BCUT2D eigenvalue weighted by molar-refractivity contribution is -0.144. The van der Waals surface area contributed by atoms with Gasteiger partial charge in [0.15, 0.2) is 17.6 Å². The summed E-state index contributed by atoms with van der Waals surface area (Å²) in [6, 6.07) is 4.68. The molecule has 2 atom stereocenters. The molecule has 3 N–H and O–H groups in total. The smallest absolute Gasteiger partial charge is 0.390 e. The SMILES string of the molecule is O=c1[nH]c(C(F)(F)F)nc2c(NCC(O)CN3CCc4ccc(F)cc4C3)nn(C3CCCCO3)c12. The largest absolute Gasteiger partial charge is 0.449 e. The van der Waals surface area contributed by atoms with Gasteiger partial charge in [0.1, 0.15) is 11.3 Å². The predicted molar refractivity (Wildman–Crippen MR) is 122 cm³/mol. The summed E-state index contributed by atoms with van der Waals surface area (Å²) in [5, 5.41) is 17.8. The molecule has 1 aromatic carbocycles. The topological polar surface area (TPSA) is 108 Å². The van der Waals surface area contributed by atoms with E-state index >= 15 is 0 Å². The Labute approximate surface area is 203 Å². The van der Waals surface area contributed by atoms with Crippen molar-refractivity contribution in [1.82, 2.24) is 24.6 Å². The molecule has 2 aromatic heterocycles. The quantitative estimate of drug-likeness (QED) is 0.438. The zero-order chi connectivity index (χ0) is 25.4. The third-order valence-corrected chi connectivity index (χ3v) is 6.49. The Hall–Kier alpha value is -3.03. The molecule has 3 aromatic rings. The average Bonchev–Trinajstić information content (AvgIpc) is 3.22. The van der Waals surface area contributed by atoms with E-state index in [2.05, 4.69) is 15.4 Å². The number of anilines is 1. The number of fused-ring (bicyclic) bond motifs is 2. The average molecular weight is 510 g/mol. The second kappa shape index (κ2) is 9.79. The Morgan fingerprint density at radius 2 is 2.11 bits per heavy atom. The second-order valence-electron chi connectivity index (χ2n) is 9.16. The highest BCUT2D eigenvalue weighted by molar-refractivity contribution is 5.85. The number of halogens is 4. The van der Waals surface area contributed by atoms with Crippen LogP contribution < -0.4 is 10.9 Å². The first kappa shape index (κ1) is 24.7. The van der Waals surface area contributed by atoms with Gasteiger partial charge in [0.2, 0.25) is 5.82 Å². The maximum absolute atomic E-state index is 13.6. The van der Waals surface area contributed by atoms with Crippen LogP contribution in [0, 0.1) is 5.82 Å². The predicted octanol–water partition coefficient (Wildman–Crippen LogP) is 2.81. The Balaban J connectivity index is 1.35. The number of ether oxygens (including phenoxy) is 1. The molecule has 0 radical (unpaired) electrons. The lowest BCUT2D eigenvalue weighted by Crippen LogP contribution is -2.39. The van der Waals surface area contributed by atoms with E-state index in [-0.39, 0.29) is 35.8 Å². The van der Waals surface area contributed by atoms with E-state index in [9.17, 15) is 27.5 Å². The first-order chi connectivity index (χ1) is 17.2. The Morgan fingerprint density at radius 3 is 2.86 bits per heavy atom. The lowest BCUT2D eigenvalue weighted by Gasteiger charge is -2.30. The molecule has 0 amide bonds. The van der Waals surface area contributed by atoms with E-state index in [0.29, 0.717) is 26.1 Å². The molecule has 4 heterocycles. The fourth-order valence-electron chi connectivity index (χ4n) is 4.75. The van der Waals surface area contributed by atoms with Gasteiger partial charge in [-0.3, -0.25) is 9.69 Å². The van der Waals surface area contributed by atoms with E-state index in [1.807, 2.05) is 4.90 Å². The zero-order valence-corrected chi connectivity index (χ0v) is 19.3. The molecule has 0 aliphatic carbocycles. The van der Waals surface area contributed by atoms with Crippen molar-refractivity contribution in [2.45, 2.75) is 50.7 Å². The van der Waals surface area contributed by atoms with Crippen LogP contribution in [0.25, 0.3) is 11.0 Å². The van der Waals surface area contributed by atoms with Crippen LogP contribution in [0.2, 0.25) is 0 Å².